The fourth-order valence-corrected chi connectivity index (χ4v) is 3.33. The summed E-state index contributed by atoms with van der Waals surface area (Å²) < 4.78 is 5.44. The van der Waals surface area contributed by atoms with Gasteiger partial charge in [-0.05, 0) is 56.8 Å². The second-order valence-electron chi connectivity index (χ2n) is 6.13. The Hall–Kier alpha value is -1.26. The van der Waals surface area contributed by atoms with Crippen LogP contribution in [0.25, 0.3) is 0 Å². The predicted octanol–water partition coefficient (Wildman–Crippen LogP) is 3.36. The first-order valence-electron chi connectivity index (χ1n) is 8.60. The molecule has 0 saturated carbocycles. The van der Waals surface area contributed by atoms with Crippen LogP contribution in [-0.4, -0.2) is 35.7 Å². The van der Waals surface area contributed by atoms with Crippen molar-refractivity contribution in [2.75, 3.05) is 25.4 Å². The van der Waals surface area contributed by atoms with Crippen molar-refractivity contribution in [2.45, 2.75) is 58.1 Å². The molecule has 1 saturated heterocycles. The van der Waals surface area contributed by atoms with Gasteiger partial charge in [-0.3, -0.25) is 0 Å². The molecule has 1 heterocycles. The van der Waals surface area contributed by atoms with Crippen molar-refractivity contribution >= 4 is 5.69 Å². The summed E-state index contributed by atoms with van der Waals surface area (Å²) in [4.78, 5) is 2.53. The number of hydrogen-bond acceptors (Lipinski definition) is 4. The Morgan fingerprint density at radius 3 is 2.86 bits per heavy atom. The molecule has 0 radical (unpaired) electrons. The lowest BCUT2D eigenvalue weighted by Crippen LogP contribution is -2.40. The van der Waals surface area contributed by atoms with Gasteiger partial charge in [-0.2, -0.15) is 0 Å². The zero-order valence-corrected chi connectivity index (χ0v) is 13.9. The van der Waals surface area contributed by atoms with E-state index < -0.39 is 6.10 Å². The molecule has 0 aliphatic carbocycles. The van der Waals surface area contributed by atoms with Crippen LogP contribution in [-0.2, 0) is 0 Å². The van der Waals surface area contributed by atoms with Gasteiger partial charge in [-0.25, -0.2) is 0 Å². The van der Waals surface area contributed by atoms with E-state index in [1.54, 1.807) is 0 Å². The normalized spacial score (nSPS) is 20.8. The van der Waals surface area contributed by atoms with Crippen LogP contribution in [0.15, 0.2) is 18.2 Å². The Balaban J connectivity index is 1.91. The first-order valence-corrected chi connectivity index (χ1v) is 8.60. The minimum Gasteiger partial charge on any atom is -0.492 e. The van der Waals surface area contributed by atoms with E-state index in [-0.39, 0.29) is 0 Å². The summed E-state index contributed by atoms with van der Waals surface area (Å²) in [6.07, 6.45) is 5.41. The average molecular weight is 306 g/mol. The third-order valence-corrected chi connectivity index (χ3v) is 4.63. The van der Waals surface area contributed by atoms with Crippen molar-refractivity contribution in [3.8, 4) is 5.75 Å². The molecule has 3 N–H and O–H groups in total. The molecule has 22 heavy (non-hydrogen) atoms. The van der Waals surface area contributed by atoms with E-state index in [1.807, 2.05) is 25.1 Å². The summed E-state index contributed by atoms with van der Waals surface area (Å²) >= 11 is 0. The van der Waals surface area contributed by atoms with Crippen LogP contribution in [0, 0.1) is 0 Å². The van der Waals surface area contributed by atoms with E-state index >= 15 is 0 Å². The summed E-state index contributed by atoms with van der Waals surface area (Å²) in [5.41, 5.74) is 7.46. The summed E-state index contributed by atoms with van der Waals surface area (Å²) in [6.45, 7) is 6.90. The Morgan fingerprint density at radius 1 is 1.36 bits per heavy atom. The molecule has 2 rings (SSSR count). The molecule has 0 aromatic heterocycles. The van der Waals surface area contributed by atoms with Crippen LogP contribution in [0.1, 0.15) is 57.6 Å². The molecule has 2 atom stereocenters. The van der Waals surface area contributed by atoms with Crippen molar-refractivity contribution in [1.29, 1.82) is 0 Å². The van der Waals surface area contributed by atoms with Crippen molar-refractivity contribution in [3.05, 3.63) is 23.8 Å². The van der Waals surface area contributed by atoms with Crippen LogP contribution in [0.5, 0.6) is 5.75 Å². The lowest BCUT2D eigenvalue weighted by atomic mass is 9.98. The smallest absolute Gasteiger partial charge is 0.142 e. The molecule has 1 fully saturated rings. The first kappa shape index (κ1) is 17.1. The van der Waals surface area contributed by atoms with Gasteiger partial charge in [-0.15, -0.1) is 0 Å². The van der Waals surface area contributed by atoms with Gasteiger partial charge in [0, 0.05) is 12.6 Å². The van der Waals surface area contributed by atoms with E-state index in [9.17, 15) is 5.11 Å². The van der Waals surface area contributed by atoms with E-state index in [2.05, 4.69) is 11.8 Å². The molecule has 4 heteroatoms. The standard InChI is InChI=1S/C18H30N2O2/c1-3-15-7-5-6-11-20(15)12-10-17(21)14-8-9-18(22-4-2)16(19)13-14/h8-9,13,15,17,21H,3-7,10-12,19H2,1-2H3. The summed E-state index contributed by atoms with van der Waals surface area (Å²) in [5.74, 6) is 0.695. The van der Waals surface area contributed by atoms with Crippen LogP contribution in [0.4, 0.5) is 5.69 Å². The van der Waals surface area contributed by atoms with Crippen LogP contribution in [0.2, 0.25) is 0 Å². The van der Waals surface area contributed by atoms with Gasteiger partial charge in [0.05, 0.1) is 18.4 Å². The van der Waals surface area contributed by atoms with E-state index in [0.717, 1.165) is 25.1 Å². The van der Waals surface area contributed by atoms with E-state index in [0.29, 0.717) is 24.1 Å². The number of aliphatic hydroxyl groups is 1. The molecular weight excluding hydrogens is 276 g/mol. The molecule has 0 amide bonds. The van der Waals surface area contributed by atoms with Gasteiger partial charge in [0.15, 0.2) is 0 Å². The van der Waals surface area contributed by atoms with Crippen LogP contribution < -0.4 is 10.5 Å². The summed E-state index contributed by atoms with van der Waals surface area (Å²) in [5, 5.41) is 10.4. The molecule has 1 aromatic carbocycles. The van der Waals surface area contributed by atoms with Gasteiger partial charge < -0.3 is 20.5 Å². The van der Waals surface area contributed by atoms with E-state index in [4.69, 9.17) is 10.5 Å². The molecule has 0 spiro atoms. The Bertz CT molecular complexity index is 464. The Kier molecular flexibility index (Phi) is 6.52. The highest BCUT2D eigenvalue weighted by Gasteiger charge is 2.21. The van der Waals surface area contributed by atoms with Gasteiger partial charge in [-0.1, -0.05) is 19.4 Å². The fourth-order valence-electron chi connectivity index (χ4n) is 3.33. The molecule has 2 unspecified atom stereocenters. The van der Waals surface area contributed by atoms with Crippen molar-refractivity contribution < 1.29 is 9.84 Å². The Labute approximate surface area is 134 Å². The molecule has 4 nitrogen and oxygen atoms in total. The zero-order chi connectivity index (χ0) is 15.9. The van der Waals surface area contributed by atoms with Gasteiger partial charge in [0.2, 0.25) is 0 Å². The number of nitrogens with zero attached hydrogens (tertiary/aromatic N) is 1. The monoisotopic (exact) mass is 306 g/mol. The molecule has 1 aliphatic rings. The number of likely N-dealkylation sites (tertiary alicyclic amines) is 1. The lowest BCUT2D eigenvalue weighted by Gasteiger charge is -2.35. The fraction of sp³-hybridized carbons (Fsp3) is 0.667. The first-order chi connectivity index (χ1) is 10.7. The average Bonchev–Trinajstić information content (AvgIpc) is 2.54. The lowest BCUT2D eigenvalue weighted by molar-refractivity contribution is 0.101. The van der Waals surface area contributed by atoms with Crippen molar-refractivity contribution in [3.63, 3.8) is 0 Å². The highest BCUT2D eigenvalue weighted by molar-refractivity contribution is 5.54. The minimum atomic E-state index is -0.461. The zero-order valence-electron chi connectivity index (χ0n) is 13.9. The summed E-state index contributed by atoms with van der Waals surface area (Å²) in [6, 6.07) is 6.29. The highest BCUT2D eigenvalue weighted by atomic mass is 16.5. The number of nitrogen functional groups attached to an aromatic ring is 1. The topological polar surface area (TPSA) is 58.7 Å². The number of piperidine rings is 1. The maximum absolute atomic E-state index is 10.4. The Morgan fingerprint density at radius 2 is 2.18 bits per heavy atom. The molecular formula is C18H30N2O2. The maximum atomic E-state index is 10.4. The number of aliphatic hydroxyl groups excluding tert-OH is 1. The summed E-state index contributed by atoms with van der Waals surface area (Å²) in [7, 11) is 0. The van der Waals surface area contributed by atoms with E-state index in [1.165, 1.54) is 25.7 Å². The number of hydrogen-bond donors (Lipinski definition) is 2. The SMILES string of the molecule is CCOc1ccc(C(O)CCN2CCCCC2CC)cc1N. The largest absolute Gasteiger partial charge is 0.492 e. The maximum Gasteiger partial charge on any atom is 0.142 e. The molecule has 124 valence electrons. The quantitative estimate of drug-likeness (QED) is 0.758. The predicted molar refractivity (Wildman–Crippen MR) is 91.1 cm³/mol. The number of anilines is 1. The second-order valence-corrected chi connectivity index (χ2v) is 6.13. The molecule has 1 aliphatic heterocycles. The third-order valence-electron chi connectivity index (χ3n) is 4.63. The second kappa shape index (κ2) is 8.39. The van der Waals surface area contributed by atoms with Gasteiger partial charge >= 0.3 is 0 Å². The van der Waals surface area contributed by atoms with Crippen LogP contribution in [0.3, 0.4) is 0 Å². The van der Waals surface area contributed by atoms with Gasteiger partial charge in [0.25, 0.3) is 0 Å². The molecule has 0 bridgehead atoms. The molecule has 1 aromatic rings. The highest BCUT2D eigenvalue weighted by Crippen LogP contribution is 2.28. The number of nitrogens with two attached hydrogens (primary N) is 1. The number of rotatable bonds is 7. The van der Waals surface area contributed by atoms with Gasteiger partial charge in [0.1, 0.15) is 5.75 Å². The van der Waals surface area contributed by atoms with Crippen molar-refractivity contribution in [1.82, 2.24) is 4.90 Å². The third kappa shape index (κ3) is 4.37. The minimum absolute atomic E-state index is 0.461. The van der Waals surface area contributed by atoms with Crippen molar-refractivity contribution in [2.24, 2.45) is 0 Å². The number of ether oxygens (including phenoxy) is 1. The number of benzene rings is 1. The van der Waals surface area contributed by atoms with Crippen LogP contribution >= 0.6 is 0 Å².